The van der Waals surface area contributed by atoms with Crippen molar-refractivity contribution in [1.29, 1.82) is 5.26 Å². The Morgan fingerprint density at radius 3 is 2.68 bits per heavy atom. The number of nitrogens with two attached hydrogens (primary N) is 1. The maximum atomic E-state index is 12.9. The van der Waals surface area contributed by atoms with Crippen LogP contribution in [0.25, 0.3) is 0 Å². The Bertz CT molecular complexity index is 909. The van der Waals surface area contributed by atoms with Gasteiger partial charge >= 0.3 is 0 Å². The van der Waals surface area contributed by atoms with E-state index in [4.69, 9.17) is 22.1 Å². The number of nitriles is 1. The van der Waals surface area contributed by atoms with E-state index in [1.165, 1.54) is 11.3 Å². The van der Waals surface area contributed by atoms with Gasteiger partial charge in [0, 0.05) is 15.6 Å². The molecule has 0 saturated carbocycles. The first-order valence-electron chi connectivity index (χ1n) is 7.40. The molecule has 1 aliphatic rings. The molecule has 0 fully saturated rings. The van der Waals surface area contributed by atoms with Gasteiger partial charge in [-0.3, -0.25) is 4.79 Å². The molecule has 25 heavy (non-hydrogen) atoms. The molecule has 0 spiro atoms. The third-order valence-corrected chi connectivity index (χ3v) is 4.97. The fourth-order valence-corrected chi connectivity index (χ4v) is 3.62. The summed E-state index contributed by atoms with van der Waals surface area (Å²) in [5.74, 6) is -0.493. The molecule has 0 aliphatic carbocycles. The highest BCUT2D eigenvalue weighted by atomic mass is 35.5. The van der Waals surface area contributed by atoms with Crippen molar-refractivity contribution in [3.63, 3.8) is 0 Å². The number of allylic oxidation sites excluding steroid dienone is 2. The highest BCUT2D eigenvalue weighted by Crippen LogP contribution is 2.41. The lowest BCUT2D eigenvalue weighted by Gasteiger charge is -2.26. The summed E-state index contributed by atoms with van der Waals surface area (Å²) in [5.41, 5.74) is 7.06. The first kappa shape index (κ1) is 17.1. The Balaban J connectivity index is 1.99. The van der Waals surface area contributed by atoms with Gasteiger partial charge in [0.15, 0.2) is 0 Å². The van der Waals surface area contributed by atoms with Crippen LogP contribution in [0.4, 0.5) is 5.69 Å². The fraction of sp³-hybridized carbons (Fsp3) is 0.111. The van der Waals surface area contributed by atoms with E-state index in [-0.39, 0.29) is 17.4 Å². The van der Waals surface area contributed by atoms with E-state index in [9.17, 15) is 10.1 Å². The summed E-state index contributed by atoms with van der Waals surface area (Å²) in [7, 11) is 0. The minimum atomic E-state index is -0.550. The van der Waals surface area contributed by atoms with Crippen molar-refractivity contribution >= 4 is 34.5 Å². The molecule has 1 amide bonds. The lowest BCUT2D eigenvalue weighted by Crippen LogP contribution is -2.27. The highest BCUT2D eigenvalue weighted by molar-refractivity contribution is 7.10. The van der Waals surface area contributed by atoms with Gasteiger partial charge in [-0.1, -0.05) is 17.7 Å². The average molecular weight is 372 g/mol. The number of nitrogens with zero attached hydrogens (tertiary/aromatic N) is 1. The van der Waals surface area contributed by atoms with Crippen molar-refractivity contribution in [3.05, 3.63) is 74.5 Å². The van der Waals surface area contributed by atoms with Crippen molar-refractivity contribution in [1.82, 2.24) is 0 Å². The molecule has 1 aromatic carbocycles. The van der Waals surface area contributed by atoms with Gasteiger partial charge in [-0.25, -0.2) is 0 Å². The van der Waals surface area contributed by atoms with Crippen LogP contribution in [0.3, 0.4) is 0 Å². The zero-order valence-corrected chi connectivity index (χ0v) is 14.8. The molecule has 1 aromatic heterocycles. The second-order valence-corrected chi connectivity index (χ2v) is 6.79. The molecule has 2 aromatic rings. The first-order chi connectivity index (χ1) is 12.0. The zero-order chi connectivity index (χ0) is 18.0. The minimum absolute atomic E-state index is 0.0291. The highest BCUT2D eigenvalue weighted by Gasteiger charge is 2.36. The predicted molar refractivity (Wildman–Crippen MR) is 97.8 cm³/mol. The van der Waals surface area contributed by atoms with Gasteiger partial charge in [-0.2, -0.15) is 5.26 Å². The Labute approximate surface area is 154 Å². The number of nitrogens with one attached hydrogen (secondary N) is 1. The molecule has 3 N–H and O–H groups in total. The molecule has 0 bridgehead atoms. The molecular formula is C18H14ClN3O2S. The van der Waals surface area contributed by atoms with Gasteiger partial charge in [0.2, 0.25) is 5.88 Å². The molecule has 2 heterocycles. The summed E-state index contributed by atoms with van der Waals surface area (Å²) in [5, 5.41) is 14.8. The number of hydrogen-bond donors (Lipinski definition) is 2. The number of hydrogen-bond acceptors (Lipinski definition) is 5. The fourth-order valence-electron chi connectivity index (χ4n) is 2.65. The van der Waals surface area contributed by atoms with Crippen molar-refractivity contribution in [3.8, 4) is 6.07 Å². The molecule has 3 rings (SSSR count). The van der Waals surface area contributed by atoms with Crippen LogP contribution in [0, 0.1) is 11.3 Å². The van der Waals surface area contributed by atoms with Gasteiger partial charge in [-0.15, -0.1) is 11.3 Å². The predicted octanol–water partition coefficient (Wildman–Crippen LogP) is 4.12. The lowest BCUT2D eigenvalue weighted by molar-refractivity contribution is -0.113. The second-order valence-electron chi connectivity index (χ2n) is 5.37. The first-order valence-corrected chi connectivity index (χ1v) is 8.65. The van der Waals surface area contributed by atoms with Crippen LogP contribution in [-0.4, -0.2) is 5.91 Å². The Morgan fingerprint density at radius 1 is 1.36 bits per heavy atom. The number of amides is 1. The molecule has 0 radical (unpaired) electrons. The normalized spacial score (nSPS) is 17.1. The smallest absolute Gasteiger partial charge is 0.256 e. The van der Waals surface area contributed by atoms with E-state index < -0.39 is 5.92 Å². The maximum Gasteiger partial charge on any atom is 0.256 e. The summed E-state index contributed by atoms with van der Waals surface area (Å²) >= 11 is 7.32. The van der Waals surface area contributed by atoms with Crippen molar-refractivity contribution in [2.45, 2.75) is 12.8 Å². The Kier molecular flexibility index (Phi) is 4.79. The van der Waals surface area contributed by atoms with Crippen molar-refractivity contribution < 1.29 is 9.53 Å². The topological polar surface area (TPSA) is 88.1 Å². The van der Waals surface area contributed by atoms with Crippen LogP contribution in [0.1, 0.15) is 17.7 Å². The number of carbonyl (C=O) groups excluding carboxylic acids is 1. The number of ether oxygens (including phenoxy) is 1. The minimum Gasteiger partial charge on any atom is -0.445 e. The molecule has 7 heteroatoms. The molecule has 5 nitrogen and oxygen atoms in total. The number of halogens is 1. The Morgan fingerprint density at radius 2 is 2.08 bits per heavy atom. The second kappa shape index (κ2) is 7.01. The molecular weight excluding hydrogens is 358 g/mol. The number of thiophene rings is 1. The van der Waals surface area contributed by atoms with Crippen molar-refractivity contribution in [2.24, 2.45) is 5.73 Å². The Hall–Kier alpha value is -2.75. The summed E-state index contributed by atoms with van der Waals surface area (Å²) < 4.78 is 5.45. The van der Waals surface area contributed by atoms with E-state index >= 15 is 0 Å². The SMILES string of the molecule is CC1=C(C(=O)Nc2ccc(Cl)cc2)C(c2cccs2)C(C#N)=C(N)O1. The number of benzene rings is 1. The number of anilines is 1. The average Bonchev–Trinajstić information content (AvgIpc) is 3.10. The molecule has 1 aliphatic heterocycles. The van der Waals surface area contributed by atoms with Gasteiger partial charge in [0.1, 0.15) is 17.4 Å². The quantitative estimate of drug-likeness (QED) is 0.849. The molecule has 1 atom stereocenters. The summed E-state index contributed by atoms with van der Waals surface area (Å²) in [6.07, 6.45) is 0. The third-order valence-electron chi connectivity index (χ3n) is 3.78. The van der Waals surface area contributed by atoms with Crippen LogP contribution < -0.4 is 11.1 Å². The maximum absolute atomic E-state index is 12.9. The molecule has 126 valence electrons. The van der Waals surface area contributed by atoms with Crippen molar-refractivity contribution in [2.75, 3.05) is 5.32 Å². The number of carbonyl (C=O) groups is 1. The number of rotatable bonds is 3. The van der Waals surface area contributed by atoms with Crippen LogP contribution in [-0.2, 0) is 9.53 Å². The summed E-state index contributed by atoms with van der Waals surface area (Å²) in [4.78, 5) is 13.7. The van der Waals surface area contributed by atoms with Crippen LogP contribution >= 0.6 is 22.9 Å². The largest absolute Gasteiger partial charge is 0.445 e. The van der Waals surface area contributed by atoms with E-state index in [1.807, 2.05) is 17.5 Å². The molecule has 1 unspecified atom stereocenters. The van der Waals surface area contributed by atoms with E-state index in [0.29, 0.717) is 22.0 Å². The summed E-state index contributed by atoms with van der Waals surface area (Å²) in [6.45, 7) is 1.67. The summed E-state index contributed by atoms with van der Waals surface area (Å²) in [6, 6.07) is 12.6. The van der Waals surface area contributed by atoms with Crippen LogP contribution in [0.2, 0.25) is 5.02 Å². The van der Waals surface area contributed by atoms with E-state index in [2.05, 4.69) is 11.4 Å². The standard InChI is InChI=1S/C18H14ClN3O2S/c1-10-15(18(23)22-12-6-4-11(19)5-7-12)16(14-3-2-8-25-14)13(9-20)17(21)24-10/h2-8,16H,21H2,1H3,(H,22,23). The van der Waals surface area contributed by atoms with Gasteiger partial charge in [0.05, 0.1) is 11.5 Å². The lowest BCUT2D eigenvalue weighted by atomic mass is 9.87. The van der Waals surface area contributed by atoms with E-state index in [0.717, 1.165) is 4.88 Å². The third kappa shape index (κ3) is 3.38. The van der Waals surface area contributed by atoms with Crippen LogP contribution in [0.15, 0.2) is 64.6 Å². The van der Waals surface area contributed by atoms with Crippen LogP contribution in [0.5, 0.6) is 0 Å². The van der Waals surface area contributed by atoms with Gasteiger partial charge in [-0.05, 0) is 42.6 Å². The van der Waals surface area contributed by atoms with Gasteiger partial charge < -0.3 is 15.8 Å². The zero-order valence-electron chi connectivity index (χ0n) is 13.2. The van der Waals surface area contributed by atoms with Gasteiger partial charge in [0.25, 0.3) is 5.91 Å². The van der Waals surface area contributed by atoms with E-state index in [1.54, 1.807) is 31.2 Å². The molecule has 0 saturated heterocycles. The monoisotopic (exact) mass is 371 g/mol.